The standard InChI is InChI=1S/C10H9N3O/c1-7-5-11-3-2-9(7)10-4-8(6-14)12-13-10/h2-6H,1H3,(H,12,13). The monoisotopic (exact) mass is 187 g/mol. The van der Waals surface area contributed by atoms with E-state index in [1.807, 2.05) is 13.0 Å². The van der Waals surface area contributed by atoms with Crippen LogP contribution in [-0.4, -0.2) is 21.5 Å². The quantitative estimate of drug-likeness (QED) is 0.726. The fourth-order valence-corrected chi connectivity index (χ4v) is 1.30. The molecule has 2 rings (SSSR count). The Hall–Kier alpha value is -1.97. The Kier molecular flexibility index (Phi) is 2.10. The average molecular weight is 187 g/mol. The second-order valence-electron chi connectivity index (χ2n) is 3.02. The van der Waals surface area contributed by atoms with Gasteiger partial charge in [-0.1, -0.05) is 0 Å². The molecule has 0 saturated carbocycles. The fraction of sp³-hybridized carbons (Fsp3) is 0.100. The van der Waals surface area contributed by atoms with Crippen molar-refractivity contribution in [3.8, 4) is 11.3 Å². The lowest BCUT2D eigenvalue weighted by Crippen LogP contribution is -1.84. The number of hydrogen-bond acceptors (Lipinski definition) is 3. The largest absolute Gasteiger partial charge is 0.296 e. The predicted octanol–water partition coefficient (Wildman–Crippen LogP) is 1.59. The first kappa shape index (κ1) is 8.62. The van der Waals surface area contributed by atoms with Crippen LogP contribution in [0.15, 0.2) is 24.5 Å². The first-order chi connectivity index (χ1) is 6.81. The van der Waals surface area contributed by atoms with Gasteiger partial charge in [0.2, 0.25) is 0 Å². The average Bonchev–Trinajstić information content (AvgIpc) is 2.67. The highest BCUT2D eigenvalue weighted by atomic mass is 16.1. The lowest BCUT2D eigenvalue weighted by atomic mass is 10.1. The van der Waals surface area contributed by atoms with Crippen molar-refractivity contribution in [1.82, 2.24) is 15.2 Å². The van der Waals surface area contributed by atoms with Crippen molar-refractivity contribution in [3.05, 3.63) is 35.8 Å². The summed E-state index contributed by atoms with van der Waals surface area (Å²) in [7, 11) is 0. The fourth-order valence-electron chi connectivity index (χ4n) is 1.30. The van der Waals surface area contributed by atoms with Crippen molar-refractivity contribution in [2.24, 2.45) is 0 Å². The van der Waals surface area contributed by atoms with Gasteiger partial charge in [0.15, 0.2) is 6.29 Å². The van der Waals surface area contributed by atoms with E-state index in [4.69, 9.17) is 0 Å². The van der Waals surface area contributed by atoms with Gasteiger partial charge in [0.05, 0.1) is 11.4 Å². The van der Waals surface area contributed by atoms with Gasteiger partial charge in [-0.05, 0) is 24.6 Å². The van der Waals surface area contributed by atoms with Crippen molar-refractivity contribution in [2.45, 2.75) is 6.92 Å². The van der Waals surface area contributed by atoms with E-state index in [0.717, 1.165) is 23.1 Å². The van der Waals surface area contributed by atoms with Gasteiger partial charge in [-0.3, -0.25) is 14.9 Å². The number of pyridine rings is 1. The van der Waals surface area contributed by atoms with Crippen LogP contribution in [0.2, 0.25) is 0 Å². The Morgan fingerprint density at radius 2 is 2.36 bits per heavy atom. The van der Waals surface area contributed by atoms with Crippen molar-refractivity contribution in [3.63, 3.8) is 0 Å². The van der Waals surface area contributed by atoms with E-state index in [0.29, 0.717) is 5.69 Å². The topological polar surface area (TPSA) is 58.6 Å². The molecule has 0 amide bonds. The van der Waals surface area contributed by atoms with Crippen LogP contribution in [0.4, 0.5) is 0 Å². The highest BCUT2D eigenvalue weighted by molar-refractivity contribution is 5.75. The maximum Gasteiger partial charge on any atom is 0.167 e. The third-order valence-electron chi connectivity index (χ3n) is 2.02. The van der Waals surface area contributed by atoms with E-state index in [1.54, 1.807) is 18.5 Å². The normalized spacial score (nSPS) is 10.1. The van der Waals surface area contributed by atoms with E-state index in [1.165, 1.54) is 0 Å². The molecule has 0 bridgehead atoms. The van der Waals surface area contributed by atoms with E-state index in [-0.39, 0.29) is 0 Å². The SMILES string of the molecule is Cc1cnccc1-c1cc(C=O)[nH]n1. The van der Waals surface area contributed by atoms with Crippen molar-refractivity contribution in [2.75, 3.05) is 0 Å². The zero-order valence-corrected chi connectivity index (χ0v) is 7.69. The molecule has 2 aromatic heterocycles. The number of hydrogen-bond donors (Lipinski definition) is 1. The molecule has 2 heterocycles. The lowest BCUT2D eigenvalue weighted by molar-refractivity contribution is 0.111. The third-order valence-corrected chi connectivity index (χ3v) is 2.02. The first-order valence-corrected chi connectivity index (χ1v) is 4.23. The maximum absolute atomic E-state index is 10.5. The molecule has 0 atom stereocenters. The van der Waals surface area contributed by atoms with Gasteiger partial charge in [-0.25, -0.2) is 0 Å². The Balaban J connectivity index is 2.49. The van der Waals surface area contributed by atoms with Gasteiger partial charge in [-0.2, -0.15) is 5.10 Å². The Bertz CT molecular complexity index is 462. The molecule has 0 radical (unpaired) electrons. The van der Waals surface area contributed by atoms with Crippen LogP contribution in [0.1, 0.15) is 16.1 Å². The number of aromatic nitrogens is 3. The van der Waals surface area contributed by atoms with Crippen LogP contribution in [0.5, 0.6) is 0 Å². The van der Waals surface area contributed by atoms with Crippen LogP contribution in [0.25, 0.3) is 11.3 Å². The van der Waals surface area contributed by atoms with Crippen molar-refractivity contribution in [1.29, 1.82) is 0 Å². The summed E-state index contributed by atoms with van der Waals surface area (Å²) >= 11 is 0. The van der Waals surface area contributed by atoms with Crippen LogP contribution >= 0.6 is 0 Å². The smallest absolute Gasteiger partial charge is 0.167 e. The van der Waals surface area contributed by atoms with Crippen LogP contribution in [0, 0.1) is 6.92 Å². The van der Waals surface area contributed by atoms with Crippen LogP contribution in [-0.2, 0) is 0 Å². The Morgan fingerprint density at radius 1 is 1.50 bits per heavy atom. The number of nitrogens with zero attached hydrogens (tertiary/aromatic N) is 2. The molecular weight excluding hydrogens is 178 g/mol. The number of carbonyl (C=O) groups excluding carboxylic acids is 1. The van der Waals surface area contributed by atoms with E-state index in [2.05, 4.69) is 15.2 Å². The first-order valence-electron chi connectivity index (χ1n) is 4.23. The van der Waals surface area contributed by atoms with Crippen molar-refractivity contribution < 1.29 is 4.79 Å². The second-order valence-corrected chi connectivity index (χ2v) is 3.02. The number of aryl methyl sites for hydroxylation is 1. The Labute approximate surface area is 81.0 Å². The Morgan fingerprint density at radius 3 is 3.00 bits per heavy atom. The van der Waals surface area contributed by atoms with E-state index < -0.39 is 0 Å². The summed E-state index contributed by atoms with van der Waals surface area (Å²) in [5, 5.41) is 6.68. The summed E-state index contributed by atoms with van der Waals surface area (Å²) in [5.41, 5.74) is 3.28. The molecule has 0 spiro atoms. The molecule has 4 nitrogen and oxygen atoms in total. The van der Waals surface area contributed by atoms with Gasteiger partial charge in [0, 0.05) is 18.0 Å². The molecule has 0 aliphatic rings. The van der Waals surface area contributed by atoms with Crippen molar-refractivity contribution >= 4 is 6.29 Å². The van der Waals surface area contributed by atoms with Gasteiger partial charge in [-0.15, -0.1) is 0 Å². The zero-order chi connectivity index (χ0) is 9.97. The molecule has 70 valence electrons. The predicted molar refractivity (Wildman–Crippen MR) is 51.9 cm³/mol. The minimum absolute atomic E-state index is 0.483. The molecule has 0 unspecified atom stereocenters. The highest BCUT2D eigenvalue weighted by Crippen LogP contribution is 2.19. The summed E-state index contributed by atoms with van der Waals surface area (Å²) < 4.78 is 0. The minimum Gasteiger partial charge on any atom is -0.296 e. The molecule has 1 N–H and O–H groups in total. The molecule has 4 heteroatoms. The van der Waals surface area contributed by atoms with Crippen LogP contribution < -0.4 is 0 Å². The summed E-state index contributed by atoms with van der Waals surface area (Å²) in [6.07, 6.45) is 4.22. The summed E-state index contributed by atoms with van der Waals surface area (Å²) in [6, 6.07) is 3.59. The van der Waals surface area contributed by atoms with Crippen LogP contribution in [0.3, 0.4) is 0 Å². The second kappa shape index (κ2) is 3.41. The van der Waals surface area contributed by atoms with E-state index >= 15 is 0 Å². The van der Waals surface area contributed by atoms with Gasteiger partial charge in [0.25, 0.3) is 0 Å². The summed E-state index contributed by atoms with van der Waals surface area (Å²) in [6.45, 7) is 1.96. The molecule has 0 aromatic carbocycles. The number of aromatic amines is 1. The number of H-pyrrole nitrogens is 1. The lowest BCUT2D eigenvalue weighted by Gasteiger charge is -1.98. The summed E-state index contributed by atoms with van der Waals surface area (Å²) in [4.78, 5) is 14.4. The molecule has 0 aliphatic heterocycles. The number of nitrogens with one attached hydrogen (secondary N) is 1. The molecule has 14 heavy (non-hydrogen) atoms. The van der Waals surface area contributed by atoms with Gasteiger partial charge < -0.3 is 0 Å². The van der Waals surface area contributed by atoms with E-state index in [9.17, 15) is 4.79 Å². The highest BCUT2D eigenvalue weighted by Gasteiger charge is 2.05. The third kappa shape index (κ3) is 1.42. The maximum atomic E-state index is 10.5. The molecule has 0 aliphatic carbocycles. The van der Waals surface area contributed by atoms with Gasteiger partial charge >= 0.3 is 0 Å². The molecule has 0 fully saturated rings. The number of carbonyl (C=O) groups is 1. The summed E-state index contributed by atoms with van der Waals surface area (Å²) in [5.74, 6) is 0. The zero-order valence-electron chi connectivity index (χ0n) is 7.69. The molecule has 0 saturated heterocycles. The number of rotatable bonds is 2. The number of aldehydes is 1. The molecule has 2 aromatic rings. The molecular formula is C10H9N3O. The minimum atomic E-state index is 0.483. The van der Waals surface area contributed by atoms with Gasteiger partial charge in [0.1, 0.15) is 0 Å².